The van der Waals surface area contributed by atoms with Crippen LogP contribution in [0.3, 0.4) is 0 Å². The molecule has 0 bridgehead atoms. The van der Waals surface area contributed by atoms with Crippen LogP contribution in [-0.4, -0.2) is 5.97 Å². The number of hydrogen-bond donors (Lipinski definition) is 0. The largest absolute Gasteiger partial charge is 0.460 e. The number of benzene rings is 1. The van der Waals surface area contributed by atoms with Gasteiger partial charge in [-0.1, -0.05) is 51.1 Å². The second-order valence-corrected chi connectivity index (χ2v) is 4.99. The van der Waals surface area contributed by atoms with Crippen LogP contribution in [-0.2, 0) is 16.1 Å². The van der Waals surface area contributed by atoms with Crippen molar-refractivity contribution >= 4 is 5.97 Å². The van der Waals surface area contributed by atoms with Crippen LogP contribution >= 0.6 is 0 Å². The number of hydrogen-bond acceptors (Lipinski definition) is 2. The molecule has 0 aliphatic carbocycles. The number of carbonyl (C=O) groups is 1. The SMILES string of the molecule is CCC(C)(C(=O)OCc1ccccc1)C(C)C. The third-order valence-corrected chi connectivity index (χ3v) is 3.69. The molecule has 0 saturated carbocycles. The van der Waals surface area contributed by atoms with Crippen LogP contribution in [0, 0.1) is 11.3 Å². The van der Waals surface area contributed by atoms with Gasteiger partial charge in [-0.25, -0.2) is 0 Å². The van der Waals surface area contributed by atoms with Crippen LogP contribution in [0.1, 0.15) is 39.7 Å². The second kappa shape index (κ2) is 5.85. The molecule has 2 heteroatoms. The summed E-state index contributed by atoms with van der Waals surface area (Å²) in [4.78, 5) is 12.1. The lowest BCUT2D eigenvalue weighted by Crippen LogP contribution is -2.34. The first-order valence-corrected chi connectivity index (χ1v) is 6.22. The molecule has 0 amide bonds. The van der Waals surface area contributed by atoms with Gasteiger partial charge in [0.15, 0.2) is 0 Å². The Morgan fingerprint density at radius 2 is 1.88 bits per heavy atom. The van der Waals surface area contributed by atoms with Crippen molar-refractivity contribution in [2.45, 2.75) is 40.7 Å². The smallest absolute Gasteiger partial charge is 0.312 e. The van der Waals surface area contributed by atoms with E-state index < -0.39 is 0 Å². The molecule has 1 unspecified atom stereocenters. The monoisotopic (exact) mass is 234 g/mol. The predicted molar refractivity (Wildman–Crippen MR) is 69.5 cm³/mol. The second-order valence-electron chi connectivity index (χ2n) is 4.99. The van der Waals surface area contributed by atoms with E-state index in [-0.39, 0.29) is 17.3 Å². The average Bonchev–Trinajstić information content (AvgIpc) is 2.35. The van der Waals surface area contributed by atoms with Crippen LogP contribution in [0.4, 0.5) is 0 Å². The molecule has 0 saturated heterocycles. The van der Waals surface area contributed by atoms with Gasteiger partial charge in [-0.05, 0) is 24.8 Å². The highest BCUT2D eigenvalue weighted by Crippen LogP contribution is 2.32. The van der Waals surface area contributed by atoms with Gasteiger partial charge in [0.25, 0.3) is 0 Å². The maximum absolute atomic E-state index is 12.1. The van der Waals surface area contributed by atoms with E-state index >= 15 is 0 Å². The average molecular weight is 234 g/mol. The summed E-state index contributed by atoms with van der Waals surface area (Å²) in [5.74, 6) is 0.189. The van der Waals surface area contributed by atoms with Gasteiger partial charge >= 0.3 is 5.97 Å². The summed E-state index contributed by atoms with van der Waals surface area (Å²) in [6, 6.07) is 9.78. The number of esters is 1. The van der Waals surface area contributed by atoms with Crippen LogP contribution in [0.5, 0.6) is 0 Å². The van der Waals surface area contributed by atoms with Gasteiger partial charge in [0, 0.05) is 0 Å². The molecule has 0 radical (unpaired) electrons. The summed E-state index contributed by atoms with van der Waals surface area (Å²) >= 11 is 0. The van der Waals surface area contributed by atoms with Crippen LogP contribution in [0.2, 0.25) is 0 Å². The first kappa shape index (κ1) is 13.8. The van der Waals surface area contributed by atoms with Gasteiger partial charge < -0.3 is 4.74 Å². The Kier molecular flexibility index (Phi) is 4.73. The van der Waals surface area contributed by atoms with Crippen LogP contribution in [0.15, 0.2) is 30.3 Å². The van der Waals surface area contributed by atoms with E-state index in [9.17, 15) is 4.79 Å². The van der Waals surface area contributed by atoms with Gasteiger partial charge in [0.2, 0.25) is 0 Å². The van der Waals surface area contributed by atoms with E-state index in [0.29, 0.717) is 6.61 Å². The molecule has 1 atom stereocenters. The lowest BCUT2D eigenvalue weighted by Gasteiger charge is -2.29. The lowest BCUT2D eigenvalue weighted by atomic mass is 9.77. The minimum absolute atomic E-state index is 0.0983. The third kappa shape index (κ3) is 3.32. The Morgan fingerprint density at radius 1 is 1.29 bits per heavy atom. The molecule has 0 aliphatic rings. The maximum atomic E-state index is 12.1. The molecule has 1 aromatic rings. The van der Waals surface area contributed by atoms with Crippen molar-refractivity contribution in [3.8, 4) is 0 Å². The maximum Gasteiger partial charge on any atom is 0.312 e. The zero-order chi connectivity index (χ0) is 12.9. The quantitative estimate of drug-likeness (QED) is 0.724. The Morgan fingerprint density at radius 3 is 2.35 bits per heavy atom. The molecule has 1 aromatic carbocycles. The molecule has 0 heterocycles. The van der Waals surface area contributed by atoms with Crippen molar-refractivity contribution < 1.29 is 9.53 Å². The Balaban J connectivity index is 2.61. The molecule has 2 nitrogen and oxygen atoms in total. The van der Waals surface area contributed by atoms with E-state index in [1.54, 1.807) is 0 Å². The summed E-state index contributed by atoms with van der Waals surface area (Å²) in [5.41, 5.74) is 0.650. The normalized spacial score (nSPS) is 14.4. The van der Waals surface area contributed by atoms with Gasteiger partial charge in [0.1, 0.15) is 6.61 Å². The third-order valence-electron chi connectivity index (χ3n) is 3.69. The topological polar surface area (TPSA) is 26.3 Å². The van der Waals surface area contributed by atoms with E-state index in [1.807, 2.05) is 44.2 Å². The molecule has 94 valence electrons. The van der Waals surface area contributed by atoms with Crippen molar-refractivity contribution in [2.24, 2.45) is 11.3 Å². The fraction of sp³-hybridized carbons (Fsp3) is 0.533. The first-order valence-electron chi connectivity index (χ1n) is 6.22. The van der Waals surface area contributed by atoms with Crippen molar-refractivity contribution in [3.05, 3.63) is 35.9 Å². The molecule has 0 fully saturated rings. The highest BCUT2D eigenvalue weighted by atomic mass is 16.5. The zero-order valence-corrected chi connectivity index (χ0v) is 11.2. The molecule has 0 aromatic heterocycles. The van der Waals surface area contributed by atoms with E-state index in [0.717, 1.165) is 12.0 Å². The van der Waals surface area contributed by atoms with Crippen molar-refractivity contribution in [1.82, 2.24) is 0 Å². The Bertz CT molecular complexity index is 356. The molecular weight excluding hydrogens is 212 g/mol. The van der Waals surface area contributed by atoms with Crippen molar-refractivity contribution in [1.29, 1.82) is 0 Å². The van der Waals surface area contributed by atoms with E-state index in [1.165, 1.54) is 0 Å². The fourth-order valence-corrected chi connectivity index (χ4v) is 1.68. The summed E-state index contributed by atoms with van der Waals surface area (Å²) in [6.45, 7) is 8.50. The molecule has 1 rings (SSSR count). The highest BCUT2D eigenvalue weighted by Gasteiger charge is 2.36. The summed E-state index contributed by atoms with van der Waals surface area (Å²) < 4.78 is 5.41. The van der Waals surface area contributed by atoms with Crippen LogP contribution in [0.25, 0.3) is 0 Å². The summed E-state index contributed by atoms with van der Waals surface area (Å²) in [5, 5.41) is 0. The minimum Gasteiger partial charge on any atom is -0.460 e. The predicted octanol–water partition coefficient (Wildman–Crippen LogP) is 3.80. The summed E-state index contributed by atoms with van der Waals surface area (Å²) in [7, 11) is 0. The lowest BCUT2D eigenvalue weighted by molar-refractivity contribution is -0.159. The summed E-state index contributed by atoms with van der Waals surface area (Å²) in [6.07, 6.45) is 0.804. The zero-order valence-electron chi connectivity index (χ0n) is 11.2. The van der Waals surface area contributed by atoms with Gasteiger partial charge in [-0.15, -0.1) is 0 Å². The van der Waals surface area contributed by atoms with Crippen molar-refractivity contribution in [3.63, 3.8) is 0 Å². The van der Waals surface area contributed by atoms with Gasteiger partial charge in [-0.2, -0.15) is 0 Å². The van der Waals surface area contributed by atoms with E-state index in [2.05, 4.69) is 13.8 Å². The Hall–Kier alpha value is -1.31. The number of ether oxygens (including phenoxy) is 1. The molecule has 0 N–H and O–H groups in total. The minimum atomic E-state index is -0.380. The molecule has 17 heavy (non-hydrogen) atoms. The standard InChI is InChI=1S/C15H22O2/c1-5-15(4,12(2)3)14(16)17-11-13-9-7-6-8-10-13/h6-10,12H,5,11H2,1-4H3. The van der Waals surface area contributed by atoms with E-state index in [4.69, 9.17) is 4.74 Å². The van der Waals surface area contributed by atoms with Gasteiger partial charge in [-0.3, -0.25) is 4.79 Å². The number of carbonyl (C=O) groups excluding carboxylic acids is 1. The first-order chi connectivity index (χ1) is 8.00. The molecule has 0 aliphatic heterocycles. The highest BCUT2D eigenvalue weighted by molar-refractivity contribution is 5.76. The van der Waals surface area contributed by atoms with Gasteiger partial charge in [0.05, 0.1) is 5.41 Å². The van der Waals surface area contributed by atoms with Crippen molar-refractivity contribution in [2.75, 3.05) is 0 Å². The molecule has 0 spiro atoms. The van der Waals surface area contributed by atoms with Crippen LogP contribution < -0.4 is 0 Å². The number of rotatable bonds is 5. The fourth-order valence-electron chi connectivity index (χ4n) is 1.68. The molecular formula is C15H22O2. The Labute approximate surface area is 104 Å².